The number of aryl methyl sites for hydroxylation is 1. The Hall–Kier alpha value is -0.720. The molecule has 3 aromatic carbocycles. The van der Waals surface area contributed by atoms with Crippen LogP contribution in [0.25, 0.3) is 10.8 Å². The van der Waals surface area contributed by atoms with E-state index in [9.17, 15) is 0 Å². The van der Waals surface area contributed by atoms with E-state index in [1.54, 1.807) is 5.57 Å². The molecule has 0 nitrogen and oxygen atoms in total. The normalized spacial score (nSPS) is 16.4. The molecule has 4 heteroatoms. The van der Waals surface area contributed by atoms with Crippen molar-refractivity contribution < 1.29 is 50.7 Å². The molecule has 1 fully saturated rings. The van der Waals surface area contributed by atoms with Gasteiger partial charge in [0, 0.05) is 0 Å². The van der Waals surface area contributed by atoms with Crippen molar-refractivity contribution in [3.05, 3.63) is 96.4 Å². The first-order valence-electron chi connectivity index (χ1n) is 9.48. The minimum atomic E-state index is 0. The summed E-state index contributed by atoms with van der Waals surface area (Å²) in [5, 5.41) is 5.68. The first-order valence-corrected chi connectivity index (χ1v) is 10.5. The van der Waals surface area contributed by atoms with Crippen LogP contribution in [0.1, 0.15) is 24.8 Å². The molecule has 2 aliphatic carbocycles. The van der Waals surface area contributed by atoms with Gasteiger partial charge in [-0.1, -0.05) is 49.7 Å². The zero-order chi connectivity index (χ0) is 17.8. The van der Waals surface area contributed by atoms with Crippen LogP contribution in [0.4, 0.5) is 0 Å². The Morgan fingerprint density at radius 2 is 1.69 bits per heavy atom. The Balaban J connectivity index is 0.000000302. The Morgan fingerprint density at radius 3 is 2.45 bits per heavy atom. The van der Waals surface area contributed by atoms with Gasteiger partial charge in [0.1, 0.15) is 0 Å². The molecule has 0 aliphatic heterocycles. The van der Waals surface area contributed by atoms with Crippen molar-refractivity contribution in [1.82, 2.24) is 0 Å². The number of hydrogen-bond donors (Lipinski definition) is 0. The van der Waals surface area contributed by atoms with Crippen molar-refractivity contribution in [2.75, 3.05) is 0 Å². The van der Waals surface area contributed by atoms with Crippen LogP contribution in [-0.4, -0.2) is 0 Å². The molecule has 0 N–H and O–H groups in total. The van der Waals surface area contributed by atoms with Crippen LogP contribution in [0.3, 0.4) is 0 Å². The standard InChI is InChI=1S/C16H14P.C9H11.2ClH.Hf/c1-12-11-13-7-5-6-10-15(13)16(12)17-14-8-3-2-4-9-14;1-2-5-9-7-3-6-8(9)4-1;;;/h2-11,17H,1H3;1-2,4,6,9H,3,5,7H2;2*1H;/q2*-1;;;+4/p-2. The van der Waals surface area contributed by atoms with Crippen LogP contribution in [-0.2, 0) is 25.8 Å². The molecule has 1 saturated carbocycles. The van der Waals surface area contributed by atoms with Gasteiger partial charge in [0.05, 0.1) is 0 Å². The van der Waals surface area contributed by atoms with E-state index >= 15 is 0 Å². The van der Waals surface area contributed by atoms with E-state index in [0.717, 1.165) is 14.5 Å². The van der Waals surface area contributed by atoms with E-state index in [1.165, 1.54) is 46.2 Å². The Labute approximate surface area is 208 Å². The maximum atomic E-state index is 2.37. The molecule has 2 unspecified atom stereocenters. The van der Waals surface area contributed by atoms with Crippen molar-refractivity contribution in [3.63, 3.8) is 0 Å². The van der Waals surface area contributed by atoms with Crippen LogP contribution in [0.15, 0.2) is 84.5 Å². The monoisotopic (exact) mass is 606 g/mol. The van der Waals surface area contributed by atoms with Crippen LogP contribution in [0.2, 0.25) is 0 Å². The summed E-state index contributed by atoms with van der Waals surface area (Å²) in [6.07, 6.45) is 13.0. The van der Waals surface area contributed by atoms with E-state index in [1.807, 2.05) is 0 Å². The summed E-state index contributed by atoms with van der Waals surface area (Å²) >= 11 is 0. The molecule has 0 spiro atoms. The smallest absolute Gasteiger partial charge is 1.00 e. The van der Waals surface area contributed by atoms with Gasteiger partial charge < -0.3 is 24.8 Å². The number of rotatable bonds is 2. The van der Waals surface area contributed by atoms with Gasteiger partial charge in [0.15, 0.2) is 0 Å². The number of allylic oxidation sites excluding steroid dienone is 4. The third kappa shape index (κ3) is 6.63. The second-order valence-electron chi connectivity index (χ2n) is 7.09. The molecular formula is C25H25Cl2HfP. The van der Waals surface area contributed by atoms with Crippen molar-refractivity contribution >= 4 is 30.0 Å². The molecule has 2 atom stereocenters. The fourth-order valence-corrected chi connectivity index (χ4v) is 5.14. The van der Waals surface area contributed by atoms with Crippen molar-refractivity contribution in [2.24, 2.45) is 5.92 Å². The van der Waals surface area contributed by atoms with Gasteiger partial charge in [-0.15, -0.1) is 73.1 Å². The number of benzene rings is 2. The number of fused-ring (bicyclic) bond motifs is 2. The Kier molecular flexibility index (Phi) is 11.7. The summed E-state index contributed by atoms with van der Waals surface area (Å²) in [5.41, 5.74) is 2.99. The second-order valence-corrected chi connectivity index (χ2v) is 8.42. The maximum Gasteiger partial charge on any atom is 4.00 e. The molecule has 0 heterocycles. The predicted octanol–water partition coefficient (Wildman–Crippen LogP) is -0.0111. The van der Waals surface area contributed by atoms with Crippen molar-refractivity contribution in [1.29, 1.82) is 0 Å². The molecular weight excluding hydrogens is 581 g/mol. The number of halogens is 2. The summed E-state index contributed by atoms with van der Waals surface area (Å²) in [4.78, 5) is 0. The van der Waals surface area contributed by atoms with E-state index in [0.29, 0.717) is 0 Å². The van der Waals surface area contributed by atoms with E-state index < -0.39 is 0 Å². The van der Waals surface area contributed by atoms with Crippen molar-refractivity contribution in [3.8, 4) is 0 Å². The molecule has 3 aromatic rings. The minimum Gasteiger partial charge on any atom is -1.00 e. The maximum absolute atomic E-state index is 2.37. The fourth-order valence-electron chi connectivity index (χ4n) is 3.86. The Morgan fingerprint density at radius 1 is 0.966 bits per heavy atom. The summed E-state index contributed by atoms with van der Waals surface area (Å²) in [6, 6.07) is 21.7. The molecule has 29 heavy (non-hydrogen) atoms. The van der Waals surface area contributed by atoms with E-state index in [-0.39, 0.29) is 50.7 Å². The SMILES string of the molecule is C1=CCC2CC[CH-]C2=C1.Cc1[cH-]c2ccccc2c1Pc1ccccc1.[Cl-].[Cl-].[Hf+4]. The largest absolute Gasteiger partial charge is 4.00 e. The van der Waals surface area contributed by atoms with Crippen LogP contribution < -0.4 is 35.4 Å². The second kappa shape index (κ2) is 12.9. The quantitative estimate of drug-likeness (QED) is 0.219. The van der Waals surface area contributed by atoms with Gasteiger partial charge in [-0.25, -0.2) is 18.1 Å². The fraction of sp³-hybridized carbons (Fsp3) is 0.200. The average Bonchev–Trinajstić information content (AvgIpc) is 3.28. The van der Waals surface area contributed by atoms with Crippen LogP contribution in [0, 0.1) is 19.3 Å². The first kappa shape index (κ1) is 26.3. The third-order valence-electron chi connectivity index (χ3n) is 5.25. The van der Waals surface area contributed by atoms with Gasteiger partial charge in [0.2, 0.25) is 0 Å². The van der Waals surface area contributed by atoms with E-state index in [2.05, 4.69) is 92.2 Å². The molecule has 0 saturated heterocycles. The zero-order valence-corrected chi connectivity index (χ0v) is 22.6. The predicted molar refractivity (Wildman–Crippen MR) is 117 cm³/mol. The molecule has 0 radical (unpaired) electrons. The van der Waals surface area contributed by atoms with Gasteiger partial charge in [-0.2, -0.15) is 0 Å². The summed E-state index contributed by atoms with van der Waals surface area (Å²) < 4.78 is 0. The van der Waals surface area contributed by atoms with Crippen LogP contribution >= 0.6 is 8.58 Å². The minimum absolute atomic E-state index is 0. The summed E-state index contributed by atoms with van der Waals surface area (Å²) in [7, 11) is 0.754. The Bertz CT molecular complexity index is 944. The average molecular weight is 606 g/mol. The molecule has 0 amide bonds. The molecule has 0 bridgehead atoms. The van der Waals surface area contributed by atoms with Crippen molar-refractivity contribution in [2.45, 2.75) is 26.2 Å². The van der Waals surface area contributed by atoms with Gasteiger partial charge in [0.25, 0.3) is 0 Å². The molecule has 0 aromatic heterocycles. The molecule has 5 rings (SSSR count). The van der Waals surface area contributed by atoms with Gasteiger partial charge in [-0.05, 0) is 17.6 Å². The topological polar surface area (TPSA) is 0 Å². The zero-order valence-electron chi connectivity index (χ0n) is 16.5. The van der Waals surface area contributed by atoms with E-state index in [4.69, 9.17) is 0 Å². The first-order chi connectivity index (χ1) is 12.8. The molecule has 148 valence electrons. The third-order valence-corrected chi connectivity index (χ3v) is 6.79. The summed E-state index contributed by atoms with van der Waals surface area (Å²) in [5.74, 6) is 0.884. The molecule has 2 aliphatic rings. The van der Waals surface area contributed by atoms with Gasteiger partial charge in [-0.3, -0.25) is 0 Å². The summed E-state index contributed by atoms with van der Waals surface area (Å²) in [6.45, 7) is 2.21. The van der Waals surface area contributed by atoms with Gasteiger partial charge >= 0.3 is 25.8 Å². The van der Waals surface area contributed by atoms with Crippen LogP contribution in [0.5, 0.6) is 0 Å². The number of hydrogen-bond acceptors (Lipinski definition) is 0.